The number of benzene rings is 1. The van der Waals surface area contributed by atoms with Gasteiger partial charge in [-0.2, -0.15) is 0 Å². The van der Waals surface area contributed by atoms with Gasteiger partial charge in [-0.1, -0.05) is 12.1 Å². The van der Waals surface area contributed by atoms with E-state index in [1.54, 1.807) is 0 Å². The molecule has 0 saturated carbocycles. The Kier molecular flexibility index (Phi) is 6.66. The number of piperidine rings is 2. The van der Waals surface area contributed by atoms with Crippen LogP contribution in [0.2, 0.25) is 0 Å². The molecule has 0 radical (unpaired) electrons. The molecule has 166 valence electrons. The van der Waals surface area contributed by atoms with E-state index < -0.39 is 0 Å². The summed E-state index contributed by atoms with van der Waals surface area (Å²) in [6, 6.07) is 8.28. The van der Waals surface area contributed by atoms with E-state index in [2.05, 4.69) is 34.1 Å². The van der Waals surface area contributed by atoms with Crippen LogP contribution in [0, 0.1) is 5.41 Å². The Balaban J connectivity index is 1.23. The number of carbonyl (C=O) groups excluding carboxylic acids is 1. The number of amides is 1. The number of rotatable bonds is 5. The third-order valence-corrected chi connectivity index (χ3v) is 7.29. The molecular formula is C24H37N3O3. The van der Waals surface area contributed by atoms with Gasteiger partial charge in [0.2, 0.25) is 5.91 Å². The number of nitrogens with zero attached hydrogens (tertiary/aromatic N) is 3. The minimum atomic E-state index is -0.120. The van der Waals surface area contributed by atoms with E-state index in [-0.39, 0.29) is 17.4 Å². The van der Waals surface area contributed by atoms with Crippen LogP contribution < -0.4 is 4.90 Å². The zero-order valence-electron chi connectivity index (χ0n) is 18.6. The summed E-state index contributed by atoms with van der Waals surface area (Å²) < 4.78 is 6.19. The van der Waals surface area contributed by atoms with Gasteiger partial charge in [-0.25, -0.2) is 0 Å². The van der Waals surface area contributed by atoms with Gasteiger partial charge in [0.15, 0.2) is 0 Å². The van der Waals surface area contributed by atoms with Crippen LogP contribution in [0.5, 0.6) is 0 Å². The zero-order chi connectivity index (χ0) is 21.1. The summed E-state index contributed by atoms with van der Waals surface area (Å²) in [5.74, 6) is 0.241. The molecule has 0 aromatic heterocycles. The summed E-state index contributed by atoms with van der Waals surface area (Å²) in [5.41, 5.74) is 2.49. The Morgan fingerprint density at radius 3 is 2.43 bits per heavy atom. The SMILES string of the molecule is CN(C)c1ccc(CC(=O)N2CCC3(CC2)CO[C@H](CN2CCC(O)CC2)C3)cc1. The highest BCUT2D eigenvalue weighted by molar-refractivity contribution is 5.79. The van der Waals surface area contributed by atoms with Gasteiger partial charge >= 0.3 is 0 Å². The third-order valence-electron chi connectivity index (χ3n) is 7.29. The molecule has 3 aliphatic rings. The normalized spacial score (nSPS) is 25.0. The molecule has 4 rings (SSSR count). The fourth-order valence-electron chi connectivity index (χ4n) is 5.18. The molecule has 30 heavy (non-hydrogen) atoms. The third kappa shape index (κ3) is 5.16. The summed E-state index contributed by atoms with van der Waals surface area (Å²) in [6.45, 7) is 5.47. The number of hydrogen-bond acceptors (Lipinski definition) is 5. The van der Waals surface area contributed by atoms with Crippen molar-refractivity contribution in [3.05, 3.63) is 29.8 Å². The van der Waals surface area contributed by atoms with E-state index in [1.165, 1.54) is 0 Å². The second-order valence-electron chi connectivity index (χ2n) is 9.79. The molecule has 1 aromatic carbocycles. The van der Waals surface area contributed by atoms with Crippen molar-refractivity contribution in [2.24, 2.45) is 5.41 Å². The largest absolute Gasteiger partial charge is 0.393 e. The molecule has 3 aliphatic heterocycles. The minimum Gasteiger partial charge on any atom is -0.393 e. The summed E-state index contributed by atoms with van der Waals surface area (Å²) in [4.78, 5) is 19.4. The average molecular weight is 416 g/mol. The summed E-state index contributed by atoms with van der Waals surface area (Å²) in [6.07, 6.45) is 5.64. The van der Waals surface area contributed by atoms with Crippen LogP contribution in [-0.4, -0.2) is 86.4 Å². The first-order valence-electron chi connectivity index (χ1n) is 11.5. The van der Waals surface area contributed by atoms with E-state index in [9.17, 15) is 9.90 Å². The molecule has 0 bridgehead atoms. The predicted molar refractivity (Wildman–Crippen MR) is 119 cm³/mol. The standard InChI is InChI=1S/C24H37N3O3/c1-25(2)20-5-3-19(4-6-20)15-23(29)27-13-9-24(10-14-27)16-22(30-18-24)17-26-11-7-21(28)8-12-26/h3-6,21-22,28H,7-18H2,1-2H3/t22-/m0/s1. The second kappa shape index (κ2) is 9.25. The van der Waals surface area contributed by atoms with Crippen molar-refractivity contribution in [2.75, 3.05) is 58.3 Å². The van der Waals surface area contributed by atoms with Gasteiger partial charge in [-0.3, -0.25) is 4.79 Å². The number of aliphatic hydroxyl groups excluding tert-OH is 1. The molecule has 3 saturated heterocycles. The molecule has 1 N–H and O–H groups in total. The van der Waals surface area contributed by atoms with Crippen molar-refractivity contribution in [3.63, 3.8) is 0 Å². The van der Waals surface area contributed by atoms with E-state index in [0.29, 0.717) is 12.5 Å². The van der Waals surface area contributed by atoms with E-state index >= 15 is 0 Å². The zero-order valence-corrected chi connectivity index (χ0v) is 18.6. The van der Waals surface area contributed by atoms with Gasteiger partial charge in [0.05, 0.1) is 25.2 Å². The van der Waals surface area contributed by atoms with Gasteiger partial charge in [0, 0.05) is 52.5 Å². The Bertz CT molecular complexity index is 705. The molecule has 1 atom stereocenters. The smallest absolute Gasteiger partial charge is 0.226 e. The highest BCUT2D eigenvalue weighted by Crippen LogP contribution is 2.42. The summed E-state index contributed by atoms with van der Waals surface area (Å²) in [5, 5.41) is 9.69. The van der Waals surface area contributed by atoms with Crippen LogP contribution in [0.3, 0.4) is 0 Å². The first-order chi connectivity index (χ1) is 14.4. The first-order valence-corrected chi connectivity index (χ1v) is 11.5. The van der Waals surface area contributed by atoms with Crippen LogP contribution in [0.4, 0.5) is 5.69 Å². The van der Waals surface area contributed by atoms with Crippen molar-refractivity contribution in [1.29, 1.82) is 0 Å². The maximum atomic E-state index is 12.8. The Morgan fingerprint density at radius 2 is 1.80 bits per heavy atom. The van der Waals surface area contributed by atoms with Gasteiger partial charge in [-0.05, 0) is 55.2 Å². The van der Waals surface area contributed by atoms with E-state index in [4.69, 9.17) is 4.74 Å². The minimum absolute atomic E-state index is 0.120. The molecule has 0 unspecified atom stereocenters. The Hall–Kier alpha value is -1.63. The van der Waals surface area contributed by atoms with Crippen LogP contribution in [0.1, 0.15) is 37.7 Å². The van der Waals surface area contributed by atoms with E-state index in [0.717, 1.165) is 82.7 Å². The summed E-state index contributed by atoms with van der Waals surface area (Å²) in [7, 11) is 4.05. The maximum absolute atomic E-state index is 12.8. The monoisotopic (exact) mass is 415 g/mol. The molecule has 6 nitrogen and oxygen atoms in total. The summed E-state index contributed by atoms with van der Waals surface area (Å²) >= 11 is 0. The lowest BCUT2D eigenvalue weighted by Gasteiger charge is -2.38. The van der Waals surface area contributed by atoms with Gasteiger partial charge in [0.1, 0.15) is 0 Å². The molecule has 3 heterocycles. The number of aliphatic hydroxyl groups is 1. The van der Waals surface area contributed by atoms with Crippen LogP contribution in [0.15, 0.2) is 24.3 Å². The lowest BCUT2D eigenvalue weighted by Crippen LogP contribution is -2.44. The van der Waals surface area contributed by atoms with Crippen LogP contribution >= 0.6 is 0 Å². The molecular weight excluding hydrogens is 378 g/mol. The molecule has 3 fully saturated rings. The van der Waals surface area contributed by atoms with Gasteiger partial charge < -0.3 is 24.5 Å². The second-order valence-corrected chi connectivity index (χ2v) is 9.79. The Labute approximate surface area is 180 Å². The van der Waals surface area contributed by atoms with Crippen molar-refractivity contribution >= 4 is 11.6 Å². The number of hydrogen-bond donors (Lipinski definition) is 1. The van der Waals surface area contributed by atoms with Crippen LogP contribution in [-0.2, 0) is 16.0 Å². The fourth-order valence-corrected chi connectivity index (χ4v) is 5.18. The topological polar surface area (TPSA) is 56.2 Å². The van der Waals surface area contributed by atoms with Gasteiger partial charge in [-0.15, -0.1) is 0 Å². The van der Waals surface area contributed by atoms with Crippen molar-refractivity contribution in [2.45, 2.75) is 50.7 Å². The van der Waals surface area contributed by atoms with Crippen molar-refractivity contribution in [3.8, 4) is 0 Å². The van der Waals surface area contributed by atoms with E-state index in [1.807, 2.05) is 19.0 Å². The number of likely N-dealkylation sites (tertiary alicyclic amines) is 2. The van der Waals surface area contributed by atoms with Crippen LogP contribution in [0.25, 0.3) is 0 Å². The molecule has 1 spiro atoms. The lowest BCUT2D eigenvalue weighted by molar-refractivity contribution is -0.132. The maximum Gasteiger partial charge on any atom is 0.226 e. The molecule has 1 aromatic rings. The quantitative estimate of drug-likeness (QED) is 0.799. The Morgan fingerprint density at radius 1 is 1.13 bits per heavy atom. The molecule has 1 amide bonds. The average Bonchev–Trinajstić information content (AvgIpc) is 3.12. The van der Waals surface area contributed by atoms with Gasteiger partial charge in [0.25, 0.3) is 0 Å². The first kappa shape index (κ1) is 21.6. The van der Waals surface area contributed by atoms with Crippen molar-refractivity contribution in [1.82, 2.24) is 9.80 Å². The number of anilines is 1. The fraction of sp³-hybridized carbons (Fsp3) is 0.708. The molecule has 0 aliphatic carbocycles. The molecule has 6 heteroatoms. The number of ether oxygens (including phenoxy) is 1. The highest BCUT2D eigenvalue weighted by Gasteiger charge is 2.43. The predicted octanol–water partition coefficient (Wildman–Crippen LogP) is 2.15. The van der Waals surface area contributed by atoms with Crippen molar-refractivity contribution < 1.29 is 14.6 Å². The highest BCUT2D eigenvalue weighted by atomic mass is 16.5. The lowest BCUT2D eigenvalue weighted by atomic mass is 9.76. The number of carbonyl (C=O) groups is 1.